The molecule has 138 valence electrons. The van der Waals surface area contributed by atoms with Gasteiger partial charge in [-0.15, -0.1) is 12.3 Å². The molecular weight excluding hydrogens is 314 g/mol. The maximum Gasteiger partial charge on any atom is 0.226 e. The average Bonchev–Trinajstić information content (AvgIpc) is 3.20. The highest BCUT2D eigenvalue weighted by Crippen LogP contribution is 2.34. The van der Waals surface area contributed by atoms with E-state index in [9.17, 15) is 9.59 Å². The number of hydrogen-bond donors (Lipinski definition) is 0. The fraction of sp³-hybridized carbons (Fsp3) is 0.800. The van der Waals surface area contributed by atoms with Crippen LogP contribution in [0, 0.1) is 24.2 Å². The molecule has 2 aliphatic heterocycles. The molecule has 0 bridgehead atoms. The molecule has 3 rings (SSSR count). The van der Waals surface area contributed by atoms with Crippen LogP contribution in [0.2, 0.25) is 0 Å². The minimum Gasteiger partial charge on any atom is -0.342 e. The molecule has 0 N–H and O–H groups in total. The molecule has 2 saturated heterocycles. The van der Waals surface area contributed by atoms with Crippen LogP contribution in [0.3, 0.4) is 0 Å². The second-order valence-electron chi connectivity index (χ2n) is 7.65. The number of piperazine rings is 1. The Balaban J connectivity index is 1.57. The standard InChI is InChI=1S/C20H31N3O2/c1-2-3-10-21-13-15-23(16-14-21)20(25)18-9-5-4-8-17(18)19(24)22-11-6-7-12-22/h1,17-18H,3-16H2. The number of rotatable bonds is 4. The lowest BCUT2D eigenvalue weighted by atomic mass is 9.77. The largest absolute Gasteiger partial charge is 0.342 e. The van der Waals surface area contributed by atoms with Crippen LogP contribution in [0.5, 0.6) is 0 Å². The van der Waals surface area contributed by atoms with Gasteiger partial charge in [-0.1, -0.05) is 12.8 Å². The highest BCUT2D eigenvalue weighted by Gasteiger charge is 2.40. The summed E-state index contributed by atoms with van der Waals surface area (Å²) >= 11 is 0. The van der Waals surface area contributed by atoms with E-state index >= 15 is 0 Å². The monoisotopic (exact) mass is 345 g/mol. The zero-order chi connectivity index (χ0) is 17.6. The third kappa shape index (κ3) is 4.36. The Labute approximate surface area is 151 Å². The Morgan fingerprint density at radius 1 is 0.800 bits per heavy atom. The number of hydrogen-bond acceptors (Lipinski definition) is 3. The van der Waals surface area contributed by atoms with Gasteiger partial charge in [0.2, 0.25) is 11.8 Å². The summed E-state index contributed by atoms with van der Waals surface area (Å²) in [6.07, 6.45) is 12.2. The van der Waals surface area contributed by atoms with Crippen molar-refractivity contribution in [2.45, 2.75) is 44.9 Å². The van der Waals surface area contributed by atoms with Crippen molar-refractivity contribution in [3.8, 4) is 12.3 Å². The molecule has 2 amide bonds. The number of amides is 2. The molecule has 25 heavy (non-hydrogen) atoms. The van der Waals surface area contributed by atoms with E-state index in [1.165, 1.54) is 0 Å². The van der Waals surface area contributed by atoms with Crippen LogP contribution >= 0.6 is 0 Å². The maximum atomic E-state index is 13.1. The predicted octanol–water partition coefficient (Wildman–Crippen LogP) is 1.58. The van der Waals surface area contributed by atoms with Crippen molar-refractivity contribution >= 4 is 11.8 Å². The Bertz CT molecular complexity index is 514. The van der Waals surface area contributed by atoms with Crippen molar-refractivity contribution in [1.82, 2.24) is 14.7 Å². The first kappa shape index (κ1) is 18.3. The van der Waals surface area contributed by atoms with Crippen LogP contribution in [-0.4, -0.2) is 72.3 Å². The van der Waals surface area contributed by atoms with E-state index in [1.807, 2.05) is 9.80 Å². The third-order valence-electron chi connectivity index (χ3n) is 6.07. The quantitative estimate of drug-likeness (QED) is 0.727. The summed E-state index contributed by atoms with van der Waals surface area (Å²) in [6, 6.07) is 0. The molecule has 1 saturated carbocycles. The number of terminal acetylenes is 1. The van der Waals surface area contributed by atoms with Crippen LogP contribution in [-0.2, 0) is 9.59 Å². The van der Waals surface area contributed by atoms with Crippen molar-refractivity contribution in [3.63, 3.8) is 0 Å². The molecule has 0 spiro atoms. The van der Waals surface area contributed by atoms with Crippen molar-refractivity contribution in [1.29, 1.82) is 0 Å². The molecule has 3 aliphatic rings. The van der Waals surface area contributed by atoms with E-state index in [0.29, 0.717) is 0 Å². The summed E-state index contributed by atoms with van der Waals surface area (Å²) < 4.78 is 0. The predicted molar refractivity (Wildman–Crippen MR) is 97.7 cm³/mol. The van der Waals surface area contributed by atoms with Gasteiger partial charge in [0.25, 0.3) is 0 Å². The highest BCUT2D eigenvalue weighted by atomic mass is 16.2. The van der Waals surface area contributed by atoms with E-state index in [2.05, 4.69) is 10.8 Å². The average molecular weight is 345 g/mol. The van der Waals surface area contributed by atoms with Crippen molar-refractivity contribution in [3.05, 3.63) is 0 Å². The number of nitrogens with zero attached hydrogens (tertiary/aromatic N) is 3. The summed E-state index contributed by atoms with van der Waals surface area (Å²) in [5, 5.41) is 0. The SMILES string of the molecule is C#CCCN1CCN(C(=O)C2CCCCC2C(=O)N2CCCC2)CC1. The minimum absolute atomic E-state index is 0.0844. The Morgan fingerprint density at radius 2 is 1.32 bits per heavy atom. The van der Waals surface area contributed by atoms with E-state index in [4.69, 9.17) is 6.42 Å². The molecular formula is C20H31N3O2. The topological polar surface area (TPSA) is 43.9 Å². The van der Waals surface area contributed by atoms with Crippen LogP contribution in [0.1, 0.15) is 44.9 Å². The van der Waals surface area contributed by atoms with Crippen LogP contribution < -0.4 is 0 Å². The fourth-order valence-corrected chi connectivity index (χ4v) is 4.54. The van der Waals surface area contributed by atoms with Gasteiger partial charge >= 0.3 is 0 Å². The normalized spacial score (nSPS) is 28.0. The van der Waals surface area contributed by atoms with Crippen molar-refractivity contribution in [2.75, 3.05) is 45.8 Å². The van der Waals surface area contributed by atoms with Gasteiger partial charge in [-0.25, -0.2) is 0 Å². The molecule has 1 aliphatic carbocycles. The fourth-order valence-electron chi connectivity index (χ4n) is 4.54. The summed E-state index contributed by atoms with van der Waals surface area (Å²) in [5.41, 5.74) is 0. The minimum atomic E-state index is -0.0980. The van der Waals surface area contributed by atoms with Gasteiger partial charge in [0, 0.05) is 64.1 Å². The van der Waals surface area contributed by atoms with E-state index in [0.717, 1.165) is 90.8 Å². The lowest BCUT2D eigenvalue weighted by Gasteiger charge is -2.39. The maximum absolute atomic E-state index is 13.1. The molecule has 2 unspecified atom stereocenters. The number of carbonyl (C=O) groups excluding carboxylic acids is 2. The van der Waals surface area contributed by atoms with Gasteiger partial charge in [0.1, 0.15) is 0 Å². The van der Waals surface area contributed by atoms with Gasteiger partial charge in [-0.3, -0.25) is 14.5 Å². The Hall–Kier alpha value is -1.54. The van der Waals surface area contributed by atoms with Crippen LogP contribution in [0.25, 0.3) is 0 Å². The van der Waals surface area contributed by atoms with E-state index in [1.54, 1.807) is 0 Å². The zero-order valence-corrected chi connectivity index (χ0v) is 15.3. The zero-order valence-electron chi connectivity index (χ0n) is 15.3. The number of likely N-dealkylation sites (tertiary alicyclic amines) is 1. The van der Waals surface area contributed by atoms with Gasteiger partial charge in [-0.2, -0.15) is 0 Å². The lowest BCUT2D eigenvalue weighted by Crippen LogP contribution is -2.53. The second kappa shape index (κ2) is 8.71. The van der Waals surface area contributed by atoms with Gasteiger partial charge in [-0.05, 0) is 25.7 Å². The smallest absolute Gasteiger partial charge is 0.226 e. The highest BCUT2D eigenvalue weighted by molar-refractivity contribution is 5.88. The van der Waals surface area contributed by atoms with E-state index < -0.39 is 0 Å². The molecule has 3 fully saturated rings. The van der Waals surface area contributed by atoms with Crippen molar-refractivity contribution in [2.24, 2.45) is 11.8 Å². The third-order valence-corrected chi connectivity index (χ3v) is 6.07. The van der Waals surface area contributed by atoms with Gasteiger partial charge < -0.3 is 9.80 Å². The summed E-state index contributed by atoms with van der Waals surface area (Å²) in [7, 11) is 0. The molecule has 2 heterocycles. The molecule has 5 nitrogen and oxygen atoms in total. The van der Waals surface area contributed by atoms with Crippen LogP contribution in [0.15, 0.2) is 0 Å². The Morgan fingerprint density at radius 3 is 1.84 bits per heavy atom. The summed E-state index contributed by atoms with van der Waals surface area (Å²) in [5.74, 6) is 2.95. The first-order valence-electron chi connectivity index (χ1n) is 9.94. The lowest BCUT2D eigenvalue weighted by molar-refractivity contribution is -0.148. The molecule has 5 heteroatoms. The van der Waals surface area contributed by atoms with Crippen molar-refractivity contribution < 1.29 is 9.59 Å². The molecule has 0 aromatic heterocycles. The summed E-state index contributed by atoms with van der Waals surface area (Å²) in [6.45, 7) is 6.00. The molecule has 0 aromatic carbocycles. The Kier molecular flexibility index (Phi) is 6.36. The van der Waals surface area contributed by atoms with Gasteiger partial charge in [0.15, 0.2) is 0 Å². The molecule has 2 atom stereocenters. The first-order chi connectivity index (χ1) is 12.2. The molecule has 0 radical (unpaired) electrons. The van der Waals surface area contributed by atoms with Crippen LogP contribution in [0.4, 0.5) is 0 Å². The van der Waals surface area contributed by atoms with E-state index in [-0.39, 0.29) is 23.7 Å². The summed E-state index contributed by atoms with van der Waals surface area (Å²) in [4.78, 5) is 32.3. The number of carbonyl (C=O) groups is 2. The van der Waals surface area contributed by atoms with Gasteiger partial charge in [0.05, 0.1) is 0 Å². The molecule has 0 aromatic rings. The first-order valence-corrected chi connectivity index (χ1v) is 9.94. The second-order valence-corrected chi connectivity index (χ2v) is 7.65.